The van der Waals surface area contributed by atoms with Crippen molar-refractivity contribution in [1.29, 1.82) is 0 Å². The van der Waals surface area contributed by atoms with E-state index in [1.807, 2.05) is 0 Å². The summed E-state index contributed by atoms with van der Waals surface area (Å²) < 4.78 is 160. The van der Waals surface area contributed by atoms with Crippen LogP contribution < -0.4 is 0 Å². The second kappa shape index (κ2) is 9.29. The van der Waals surface area contributed by atoms with Crippen LogP contribution in [0.2, 0.25) is 0 Å². The minimum Gasteiger partial charge on any atom is -0.166 e. The van der Waals surface area contributed by atoms with Crippen LogP contribution in [0.5, 0.6) is 0 Å². The summed E-state index contributed by atoms with van der Waals surface area (Å²) in [7, 11) is 0. The van der Waals surface area contributed by atoms with Gasteiger partial charge in [0.25, 0.3) is 0 Å². The highest BCUT2D eigenvalue weighted by Crippen LogP contribution is 2.42. The fourth-order valence-electron chi connectivity index (χ4n) is 3.56. The first-order valence-electron chi connectivity index (χ1n) is 10.4. The molecule has 200 valence electrons. The topological polar surface area (TPSA) is 0 Å². The molecule has 0 aliphatic carbocycles. The summed E-state index contributed by atoms with van der Waals surface area (Å²) in [4.78, 5) is 0. The van der Waals surface area contributed by atoms with Gasteiger partial charge in [-0.25, -0.2) is 0 Å². The molecule has 0 radical (unpaired) electrons. The Morgan fingerprint density at radius 3 is 0.838 bits per heavy atom. The highest BCUT2D eigenvalue weighted by Gasteiger charge is 2.38. The van der Waals surface area contributed by atoms with Crippen LogP contribution in [-0.4, -0.2) is 0 Å². The van der Waals surface area contributed by atoms with Gasteiger partial charge in [-0.05, 0) is 76.2 Å². The van der Waals surface area contributed by atoms with Crippen molar-refractivity contribution in [3.63, 3.8) is 0 Å². The van der Waals surface area contributed by atoms with Gasteiger partial charge in [0.1, 0.15) is 0 Å². The molecule has 12 heteroatoms. The van der Waals surface area contributed by atoms with Gasteiger partial charge >= 0.3 is 24.7 Å². The molecule has 0 saturated carbocycles. The first-order chi connectivity index (χ1) is 16.7. The van der Waals surface area contributed by atoms with Gasteiger partial charge in [-0.1, -0.05) is 26.0 Å². The number of halogens is 12. The number of hydrogen-bond donors (Lipinski definition) is 0. The van der Waals surface area contributed by atoms with Crippen LogP contribution in [0.1, 0.15) is 47.6 Å². The van der Waals surface area contributed by atoms with Crippen LogP contribution in [0.3, 0.4) is 0 Å². The van der Waals surface area contributed by atoms with Crippen molar-refractivity contribution in [2.45, 2.75) is 44.5 Å². The van der Waals surface area contributed by atoms with Gasteiger partial charge in [-0.2, -0.15) is 52.7 Å². The lowest BCUT2D eigenvalue weighted by atomic mass is 9.90. The van der Waals surface area contributed by atoms with Gasteiger partial charge in [0.15, 0.2) is 0 Å². The molecule has 0 aliphatic heterocycles. The van der Waals surface area contributed by atoms with E-state index in [9.17, 15) is 52.7 Å². The van der Waals surface area contributed by atoms with Crippen molar-refractivity contribution >= 4 is 0 Å². The Morgan fingerprint density at radius 1 is 0.378 bits per heavy atom. The summed E-state index contributed by atoms with van der Waals surface area (Å²) in [5.41, 5.74) is -7.82. The van der Waals surface area contributed by atoms with Crippen LogP contribution in [0, 0.1) is 0 Å². The molecule has 3 aromatic carbocycles. The number of hydrogen-bond acceptors (Lipinski definition) is 0. The molecule has 3 rings (SSSR count). The maximum absolute atomic E-state index is 13.3. The molecule has 0 aromatic heterocycles. The second-order valence-electron chi connectivity index (χ2n) is 8.59. The van der Waals surface area contributed by atoms with E-state index in [2.05, 4.69) is 0 Å². The maximum atomic E-state index is 13.3. The number of alkyl halides is 12. The smallest absolute Gasteiger partial charge is 0.166 e. The largest absolute Gasteiger partial charge is 0.416 e. The Bertz CT molecular complexity index is 1130. The van der Waals surface area contributed by atoms with E-state index >= 15 is 0 Å². The van der Waals surface area contributed by atoms with Gasteiger partial charge in [-0.15, -0.1) is 0 Å². The van der Waals surface area contributed by atoms with Gasteiger partial charge in [-0.3, -0.25) is 0 Å². The van der Waals surface area contributed by atoms with Gasteiger partial charge in [0.05, 0.1) is 22.3 Å². The Labute approximate surface area is 202 Å². The van der Waals surface area contributed by atoms with Crippen LogP contribution in [-0.2, 0) is 24.7 Å². The Kier molecular flexibility index (Phi) is 7.13. The van der Waals surface area contributed by atoms with E-state index in [1.165, 1.54) is 12.1 Å². The average Bonchev–Trinajstić information content (AvgIpc) is 2.75. The summed E-state index contributed by atoms with van der Waals surface area (Å²) in [6.45, 7) is 3.17. The lowest BCUT2D eigenvalue weighted by Crippen LogP contribution is -2.11. The second-order valence-corrected chi connectivity index (χ2v) is 8.59. The molecule has 0 fully saturated rings. The van der Waals surface area contributed by atoms with E-state index in [0.29, 0.717) is 24.3 Å². The molecule has 0 aliphatic rings. The molecule has 0 N–H and O–H groups in total. The monoisotopic (exact) mass is 544 g/mol. The Morgan fingerprint density at radius 2 is 0.622 bits per heavy atom. The molecule has 0 saturated heterocycles. The summed E-state index contributed by atoms with van der Waals surface area (Å²) in [5, 5.41) is 0. The van der Waals surface area contributed by atoms with Crippen LogP contribution >= 0.6 is 0 Å². The zero-order valence-electron chi connectivity index (χ0n) is 18.8. The minimum atomic E-state index is -5.16. The van der Waals surface area contributed by atoms with Gasteiger partial charge in [0.2, 0.25) is 0 Å². The van der Waals surface area contributed by atoms with E-state index in [-0.39, 0.29) is 28.8 Å². The van der Waals surface area contributed by atoms with Crippen molar-refractivity contribution in [3.05, 3.63) is 82.4 Å². The normalized spacial score (nSPS) is 13.4. The molecule has 0 bridgehead atoms. The Balaban J connectivity index is 2.35. The van der Waals surface area contributed by atoms with Crippen molar-refractivity contribution in [2.24, 2.45) is 0 Å². The molecule has 0 heterocycles. The lowest BCUT2D eigenvalue weighted by Gasteiger charge is -2.18. The van der Waals surface area contributed by atoms with Crippen molar-refractivity contribution in [1.82, 2.24) is 0 Å². The van der Waals surface area contributed by atoms with Crippen LogP contribution in [0.15, 0.2) is 54.6 Å². The zero-order valence-corrected chi connectivity index (χ0v) is 18.8. The standard InChI is InChI=1S/C25H16F12/c1-12(2)13-3-14(16-6-18(22(26,27)28)10-19(7-16)23(29,30)31)5-15(4-13)17-8-20(24(32,33)34)11-21(9-17)25(35,36)37/h3-12H,1-2H3. The van der Waals surface area contributed by atoms with Crippen molar-refractivity contribution < 1.29 is 52.7 Å². The SMILES string of the molecule is CC(C)c1cc(-c2cc(C(F)(F)F)cc(C(F)(F)F)c2)cc(-c2cc(C(F)(F)F)cc(C(F)(F)F)c2)c1. The number of rotatable bonds is 3. The molecule has 3 aromatic rings. The van der Waals surface area contributed by atoms with Crippen molar-refractivity contribution in [3.8, 4) is 22.3 Å². The van der Waals surface area contributed by atoms with E-state index < -0.39 is 64.0 Å². The third kappa shape index (κ3) is 6.58. The molecule has 0 spiro atoms. The molecule has 0 unspecified atom stereocenters. The number of benzene rings is 3. The molecular formula is C25H16F12. The molecule has 0 amide bonds. The maximum Gasteiger partial charge on any atom is 0.416 e. The van der Waals surface area contributed by atoms with Crippen LogP contribution in [0.25, 0.3) is 22.3 Å². The van der Waals surface area contributed by atoms with Crippen LogP contribution in [0.4, 0.5) is 52.7 Å². The van der Waals surface area contributed by atoms with E-state index in [4.69, 9.17) is 0 Å². The average molecular weight is 544 g/mol. The highest BCUT2D eigenvalue weighted by atomic mass is 19.4. The predicted octanol–water partition coefficient (Wildman–Crippen LogP) is 10.2. The van der Waals surface area contributed by atoms with Gasteiger partial charge < -0.3 is 0 Å². The fourth-order valence-corrected chi connectivity index (χ4v) is 3.56. The van der Waals surface area contributed by atoms with E-state index in [1.54, 1.807) is 13.8 Å². The third-order valence-corrected chi connectivity index (χ3v) is 5.46. The predicted molar refractivity (Wildman–Crippen MR) is 111 cm³/mol. The van der Waals surface area contributed by atoms with Gasteiger partial charge in [0, 0.05) is 0 Å². The summed E-state index contributed by atoms with van der Waals surface area (Å²) >= 11 is 0. The summed E-state index contributed by atoms with van der Waals surface area (Å²) in [5.74, 6) is -0.431. The molecule has 0 atom stereocenters. The van der Waals surface area contributed by atoms with Crippen molar-refractivity contribution in [2.75, 3.05) is 0 Å². The molecule has 0 nitrogen and oxygen atoms in total. The zero-order chi connectivity index (χ0) is 28.1. The highest BCUT2D eigenvalue weighted by molar-refractivity contribution is 5.76. The first kappa shape index (κ1) is 28.4. The Hall–Kier alpha value is -3.18. The lowest BCUT2D eigenvalue weighted by molar-refractivity contribution is -0.144. The minimum absolute atomic E-state index is 0.0842. The molecular weight excluding hydrogens is 528 g/mol. The quantitative estimate of drug-likeness (QED) is 0.288. The first-order valence-corrected chi connectivity index (χ1v) is 10.4. The third-order valence-electron chi connectivity index (χ3n) is 5.46. The summed E-state index contributed by atoms with van der Waals surface area (Å²) in [6, 6.07) is 5.01. The fraction of sp³-hybridized carbons (Fsp3) is 0.280. The summed E-state index contributed by atoms with van der Waals surface area (Å²) in [6.07, 6.45) is -20.6. The molecule has 37 heavy (non-hydrogen) atoms. The van der Waals surface area contributed by atoms with E-state index in [0.717, 1.165) is 6.07 Å².